The Morgan fingerprint density at radius 3 is 2.81 bits per heavy atom. The third-order valence-corrected chi connectivity index (χ3v) is 2.95. The lowest BCUT2D eigenvalue weighted by atomic mass is 10.4. The van der Waals surface area contributed by atoms with Gasteiger partial charge in [-0.15, -0.1) is 11.3 Å². The molecule has 0 unspecified atom stereocenters. The normalized spacial score (nSPS) is 9.88. The van der Waals surface area contributed by atoms with Crippen LogP contribution in [0, 0.1) is 0 Å². The smallest absolute Gasteiger partial charge is 0.307 e. The first-order valence-corrected chi connectivity index (χ1v) is 6.02. The number of esters is 1. The molecule has 0 saturated heterocycles. The number of thiophene rings is 1. The van der Waals surface area contributed by atoms with Crippen LogP contribution in [0.5, 0.6) is 0 Å². The highest BCUT2D eigenvalue weighted by atomic mass is 35.5. The highest BCUT2D eigenvalue weighted by Gasteiger charge is 2.09. The Hall–Kier alpha value is -1.07. The van der Waals surface area contributed by atoms with Crippen LogP contribution in [0.25, 0.3) is 0 Å². The maximum absolute atomic E-state index is 11.5. The summed E-state index contributed by atoms with van der Waals surface area (Å²) in [5.41, 5.74) is 0. The van der Waals surface area contributed by atoms with Crippen LogP contribution in [0.15, 0.2) is 12.1 Å². The van der Waals surface area contributed by atoms with Gasteiger partial charge < -0.3 is 10.1 Å². The second kappa shape index (κ2) is 6.50. The van der Waals surface area contributed by atoms with E-state index < -0.39 is 0 Å². The Morgan fingerprint density at radius 1 is 1.50 bits per heavy atom. The van der Waals surface area contributed by atoms with E-state index in [1.54, 1.807) is 19.1 Å². The Kier molecular flexibility index (Phi) is 5.28. The van der Waals surface area contributed by atoms with Gasteiger partial charge in [0.15, 0.2) is 0 Å². The van der Waals surface area contributed by atoms with E-state index in [0.717, 1.165) is 0 Å². The van der Waals surface area contributed by atoms with Crippen molar-refractivity contribution >= 4 is 34.8 Å². The van der Waals surface area contributed by atoms with Crippen LogP contribution in [0.2, 0.25) is 4.34 Å². The number of amides is 1. The molecule has 1 amide bonds. The average molecular weight is 262 g/mol. The molecule has 0 aromatic carbocycles. The van der Waals surface area contributed by atoms with Gasteiger partial charge in [-0.3, -0.25) is 9.59 Å². The molecular weight excluding hydrogens is 250 g/mol. The first-order chi connectivity index (χ1) is 7.63. The molecule has 1 aromatic rings. The van der Waals surface area contributed by atoms with Crippen LogP contribution in [0.3, 0.4) is 0 Å². The van der Waals surface area contributed by atoms with E-state index in [-0.39, 0.29) is 24.8 Å². The fraction of sp³-hybridized carbons (Fsp3) is 0.400. The molecule has 0 aliphatic rings. The molecule has 88 valence electrons. The fourth-order valence-corrected chi connectivity index (χ4v) is 1.99. The molecule has 0 saturated carbocycles. The molecule has 1 N–H and O–H groups in total. The van der Waals surface area contributed by atoms with Gasteiger partial charge in [0, 0.05) is 6.54 Å². The summed E-state index contributed by atoms with van der Waals surface area (Å²) in [5.74, 6) is -0.534. The number of nitrogens with one attached hydrogen (secondary N) is 1. The third-order valence-electron chi connectivity index (χ3n) is 1.72. The Balaban J connectivity index is 2.28. The summed E-state index contributed by atoms with van der Waals surface area (Å²) in [6.07, 6.45) is 0.179. The highest BCUT2D eigenvalue weighted by Crippen LogP contribution is 2.20. The van der Waals surface area contributed by atoms with E-state index in [1.807, 2.05) is 0 Å². The van der Waals surface area contributed by atoms with Crippen molar-refractivity contribution in [2.24, 2.45) is 0 Å². The van der Waals surface area contributed by atoms with E-state index in [2.05, 4.69) is 5.32 Å². The summed E-state index contributed by atoms with van der Waals surface area (Å²) >= 11 is 6.90. The lowest BCUT2D eigenvalue weighted by Gasteiger charge is -2.03. The van der Waals surface area contributed by atoms with Gasteiger partial charge in [0.25, 0.3) is 5.91 Å². The van der Waals surface area contributed by atoms with Crippen LogP contribution in [-0.2, 0) is 9.53 Å². The van der Waals surface area contributed by atoms with E-state index in [1.165, 1.54) is 11.3 Å². The molecule has 0 fully saturated rings. The molecule has 0 bridgehead atoms. The van der Waals surface area contributed by atoms with Crippen LogP contribution >= 0.6 is 22.9 Å². The summed E-state index contributed by atoms with van der Waals surface area (Å²) in [6, 6.07) is 3.30. The molecule has 0 atom stereocenters. The van der Waals surface area contributed by atoms with Gasteiger partial charge in [-0.25, -0.2) is 0 Å². The van der Waals surface area contributed by atoms with Crippen molar-refractivity contribution in [1.82, 2.24) is 5.32 Å². The van der Waals surface area contributed by atoms with Crippen LogP contribution in [0.4, 0.5) is 0 Å². The van der Waals surface area contributed by atoms with Gasteiger partial charge in [0.05, 0.1) is 22.2 Å². The van der Waals surface area contributed by atoms with Crippen molar-refractivity contribution in [2.45, 2.75) is 13.3 Å². The van der Waals surface area contributed by atoms with Crippen molar-refractivity contribution < 1.29 is 14.3 Å². The van der Waals surface area contributed by atoms with Gasteiger partial charge in [-0.2, -0.15) is 0 Å². The van der Waals surface area contributed by atoms with Crippen molar-refractivity contribution in [3.8, 4) is 0 Å². The maximum atomic E-state index is 11.5. The number of rotatable bonds is 5. The Bertz CT molecular complexity index is 378. The number of hydrogen-bond donors (Lipinski definition) is 1. The SMILES string of the molecule is CCOC(=O)CCNC(=O)c1ccc(Cl)s1. The minimum Gasteiger partial charge on any atom is -0.466 e. The van der Waals surface area contributed by atoms with Gasteiger partial charge in [0.1, 0.15) is 0 Å². The minimum atomic E-state index is -0.313. The molecule has 0 spiro atoms. The quantitative estimate of drug-likeness (QED) is 0.826. The third kappa shape index (κ3) is 4.20. The lowest BCUT2D eigenvalue weighted by Crippen LogP contribution is -2.25. The molecular formula is C10H12ClNO3S. The second-order valence-electron chi connectivity index (χ2n) is 2.91. The average Bonchev–Trinajstić information content (AvgIpc) is 2.65. The number of carbonyl (C=O) groups excluding carboxylic acids is 2. The van der Waals surface area contributed by atoms with Crippen LogP contribution < -0.4 is 5.32 Å². The number of carbonyl (C=O) groups is 2. The van der Waals surface area contributed by atoms with Gasteiger partial charge in [0.2, 0.25) is 0 Å². The topological polar surface area (TPSA) is 55.4 Å². The first-order valence-electron chi connectivity index (χ1n) is 4.82. The molecule has 0 aliphatic carbocycles. The number of halogens is 1. The zero-order valence-electron chi connectivity index (χ0n) is 8.79. The molecule has 6 heteroatoms. The summed E-state index contributed by atoms with van der Waals surface area (Å²) in [5, 5.41) is 2.61. The van der Waals surface area contributed by atoms with Gasteiger partial charge >= 0.3 is 5.97 Å². The molecule has 1 aromatic heterocycles. The molecule has 0 radical (unpaired) electrons. The molecule has 0 aliphatic heterocycles. The first kappa shape index (κ1) is 13.0. The van der Waals surface area contributed by atoms with E-state index in [9.17, 15) is 9.59 Å². The highest BCUT2D eigenvalue weighted by molar-refractivity contribution is 7.17. The van der Waals surface area contributed by atoms with Crippen LogP contribution in [0.1, 0.15) is 23.0 Å². The summed E-state index contributed by atoms with van der Waals surface area (Å²) in [6.45, 7) is 2.37. The second-order valence-corrected chi connectivity index (χ2v) is 4.63. The summed E-state index contributed by atoms with van der Waals surface area (Å²) in [4.78, 5) is 23.0. The number of hydrogen-bond acceptors (Lipinski definition) is 4. The molecule has 1 heterocycles. The Morgan fingerprint density at radius 2 is 2.25 bits per heavy atom. The molecule has 16 heavy (non-hydrogen) atoms. The standard InChI is InChI=1S/C10H12ClNO3S/c1-2-15-9(13)5-6-12-10(14)7-3-4-8(11)16-7/h3-4H,2,5-6H2,1H3,(H,12,14). The molecule has 4 nitrogen and oxygen atoms in total. The maximum Gasteiger partial charge on any atom is 0.307 e. The zero-order valence-corrected chi connectivity index (χ0v) is 10.4. The fourth-order valence-electron chi connectivity index (χ4n) is 1.03. The van der Waals surface area contributed by atoms with Gasteiger partial charge in [-0.05, 0) is 19.1 Å². The minimum absolute atomic E-state index is 0.179. The predicted molar refractivity (Wildman–Crippen MR) is 62.9 cm³/mol. The predicted octanol–water partition coefficient (Wildman–Crippen LogP) is 2.08. The van der Waals surface area contributed by atoms with Gasteiger partial charge in [-0.1, -0.05) is 11.6 Å². The molecule has 1 rings (SSSR count). The van der Waals surface area contributed by atoms with Crippen molar-refractivity contribution in [1.29, 1.82) is 0 Å². The van der Waals surface area contributed by atoms with E-state index in [4.69, 9.17) is 16.3 Å². The van der Waals surface area contributed by atoms with Crippen molar-refractivity contribution in [3.05, 3.63) is 21.3 Å². The summed E-state index contributed by atoms with van der Waals surface area (Å²) in [7, 11) is 0. The van der Waals surface area contributed by atoms with E-state index in [0.29, 0.717) is 15.8 Å². The van der Waals surface area contributed by atoms with Crippen molar-refractivity contribution in [2.75, 3.05) is 13.2 Å². The van der Waals surface area contributed by atoms with E-state index >= 15 is 0 Å². The van der Waals surface area contributed by atoms with Crippen molar-refractivity contribution in [3.63, 3.8) is 0 Å². The zero-order chi connectivity index (χ0) is 12.0. The lowest BCUT2D eigenvalue weighted by molar-refractivity contribution is -0.142. The van der Waals surface area contributed by atoms with Crippen LogP contribution in [-0.4, -0.2) is 25.0 Å². The largest absolute Gasteiger partial charge is 0.466 e. The summed E-state index contributed by atoms with van der Waals surface area (Å²) < 4.78 is 5.29. The monoisotopic (exact) mass is 261 g/mol. The number of ether oxygens (including phenoxy) is 1. The Labute approximate surface area is 103 Å².